The molecule has 2 aliphatic rings. The number of hydrogen-bond acceptors (Lipinski definition) is 2. The first kappa shape index (κ1) is 12.3. The minimum Gasteiger partial charge on any atom is -0.239 e. The third-order valence-corrected chi connectivity index (χ3v) is 4.48. The molecule has 2 heterocycles. The maximum Gasteiger partial charge on any atom is 0.162 e. The Morgan fingerprint density at radius 1 is 1.30 bits per heavy atom. The highest BCUT2D eigenvalue weighted by molar-refractivity contribution is 6.31. The minimum absolute atomic E-state index is 0.130. The molecule has 0 radical (unpaired) electrons. The number of aromatic nitrogens is 3. The zero-order valence-electron chi connectivity index (χ0n) is 11.0. The molecule has 0 unspecified atom stereocenters. The molecule has 1 aromatic carbocycles. The van der Waals surface area contributed by atoms with Gasteiger partial charge in [-0.1, -0.05) is 29.8 Å². The van der Waals surface area contributed by atoms with Gasteiger partial charge < -0.3 is 0 Å². The number of halogens is 2. The van der Waals surface area contributed by atoms with Crippen molar-refractivity contribution in [2.75, 3.05) is 0 Å². The van der Waals surface area contributed by atoms with Crippen LogP contribution in [-0.4, -0.2) is 14.8 Å². The van der Waals surface area contributed by atoms with Crippen molar-refractivity contribution in [1.82, 2.24) is 14.8 Å². The van der Waals surface area contributed by atoms with Gasteiger partial charge in [0, 0.05) is 17.9 Å². The smallest absolute Gasteiger partial charge is 0.162 e. The lowest BCUT2D eigenvalue weighted by Crippen LogP contribution is -2.08. The van der Waals surface area contributed by atoms with Gasteiger partial charge in [-0.05, 0) is 30.4 Å². The van der Waals surface area contributed by atoms with E-state index in [0.717, 1.165) is 17.8 Å². The van der Waals surface area contributed by atoms with Gasteiger partial charge in [0.1, 0.15) is 0 Å². The zero-order valence-corrected chi connectivity index (χ0v) is 11.7. The normalized spacial score (nSPS) is 24.9. The van der Waals surface area contributed by atoms with E-state index in [-0.39, 0.29) is 6.04 Å². The van der Waals surface area contributed by atoms with E-state index in [1.54, 1.807) is 4.68 Å². The Balaban J connectivity index is 1.71. The van der Waals surface area contributed by atoms with Crippen LogP contribution in [0.5, 0.6) is 0 Å². The number of fused-ring (bicyclic) bond motifs is 1. The molecular formula is C15H15ClFN3. The summed E-state index contributed by atoms with van der Waals surface area (Å²) >= 11 is 6.24. The maximum absolute atomic E-state index is 14.2. The molecule has 1 aromatic heterocycles. The molecule has 1 aliphatic carbocycles. The summed E-state index contributed by atoms with van der Waals surface area (Å²) in [6.45, 7) is 0. The molecule has 1 aliphatic heterocycles. The van der Waals surface area contributed by atoms with Crippen molar-refractivity contribution in [2.24, 2.45) is 5.92 Å². The first-order valence-corrected chi connectivity index (χ1v) is 7.44. The van der Waals surface area contributed by atoms with E-state index in [4.69, 9.17) is 11.6 Å². The van der Waals surface area contributed by atoms with Crippen LogP contribution in [0.1, 0.15) is 48.7 Å². The maximum atomic E-state index is 14.2. The predicted octanol–water partition coefficient (Wildman–Crippen LogP) is 3.89. The average Bonchev–Trinajstić information content (AvgIpc) is 3.06. The van der Waals surface area contributed by atoms with Crippen LogP contribution < -0.4 is 0 Å². The molecule has 0 N–H and O–H groups in total. The van der Waals surface area contributed by atoms with Gasteiger partial charge in [-0.25, -0.2) is 14.1 Å². The highest BCUT2D eigenvalue weighted by Crippen LogP contribution is 2.42. The summed E-state index contributed by atoms with van der Waals surface area (Å²) in [5.74, 6) is 1.95. The molecular weight excluding hydrogens is 277 g/mol. The monoisotopic (exact) mass is 291 g/mol. The topological polar surface area (TPSA) is 30.7 Å². The third kappa shape index (κ3) is 2.03. The van der Waals surface area contributed by atoms with Gasteiger partial charge in [-0.15, -0.1) is 0 Å². The van der Waals surface area contributed by atoms with Gasteiger partial charge in [0.05, 0.1) is 6.04 Å². The second-order valence-electron chi connectivity index (χ2n) is 5.72. The number of hydrogen-bond donors (Lipinski definition) is 0. The van der Waals surface area contributed by atoms with Crippen molar-refractivity contribution in [3.63, 3.8) is 0 Å². The van der Waals surface area contributed by atoms with E-state index in [1.807, 2.05) is 24.3 Å². The second kappa shape index (κ2) is 4.55. The Labute approximate surface area is 121 Å². The van der Waals surface area contributed by atoms with E-state index >= 15 is 0 Å². The van der Waals surface area contributed by atoms with Crippen molar-refractivity contribution < 1.29 is 4.39 Å². The fraction of sp³-hybridized carbons (Fsp3) is 0.467. The van der Waals surface area contributed by atoms with Crippen molar-refractivity contribution in [1.29, 1.82) is 0 Å². The van der Waals surface area contributed by atoms with Gasteiger partial charge in [0.2, 0.25) is 0 Å². The largest absolute Gasteiger partial charge is 0.239 e. The SMILES string of the molecule is F[C@H]1C[C@@H](c2ccccc2Cl)n2nc(CC3CC3)nc21. The van der Waals surface area contributed by atoms with Crippen LogP contribution in [0.15, 0.2) is 24.3 Å². The van der Waals surface area contributed by atoms with Gasteiger partial charge in [-0.3, -0.25) is 0 Å². The molecule has 0 saturated heterocycles. The van der Waals surface area contributed by atoms with Gasteiger partial charge in [0.15, 0.2) is 17.8 Å². The van der Waals surface area contributed by atoms with Crippen LogP contribution in [0.4, 0.5) is 4.39 Å². The molecule has 104 valence electrons. The Morgan fingerprint density at radius 3 is 2.85 bits per heavy atom. The van der Waals surface area contributed by atoms with E-state index in [2.05, 4.69) is 10.1 Å². The van der Waals surface area contributed by atoms with Crippen molar-refractivity contribution in [3.05, 3.63) is 46.5 Å². The van der Waals surface area contributed by atoms with Gasteiger partial charge in [0.25, 0.3) is 0 Å². The first-order chi connectivity index (χ1) is 9.72. The molecule has 1 saturated carbocycles. The highest BCUT2D eigenvalue weighted by Gasteiger charge is 2.36. The Bertz CT molecular complexity index is 650. The standard InChI is InChI=1S/C15H15ClFN3/c16-11-4-2-1-3-10(11)13-8-12(17)15-18-14(19-20(13)15)7-9-5-6-9/h1-4,9,12-13H,5-8H2/t12-,13-/m0/s1. The molecule has 0 amide bonds. The lowest BCUT2D eigenvalue weighted by molar-refractivity contribution is 0.328. The van der Waals surface area contributed by atoms with Crippen LogP contribution >= 0.6 is 11.6 Å². The molecule has 2 aromatic rings. The molecule has 3 nitrogen and oxygen atoms in total. The molecule has 2 atom stereocenters. The summed E-state index contributed by atoms with van der Waals surface area (Å²) in [7, 11) is 0. The number of alkyl halides is 1. The minimum atomic E-state index is -1.04. The molecule has 5 heteroatoms. The van der Waals surface area contributed by atoms with Crippen molar-refractivity contribution in [3.8, 4) is 0 Å². The summed E-state index contributed by atoms with van der Waals surface area (Å²) in [6.07, 6.45) is 2.70. The molecule has 20 heavy (non-hydrogen) atoms. The van der Waals surface area contributed by atoms with Gasteiger partial charge >= 0.3 is 0 Å². The quantitative estimate of drug-likeness (QED) is 0.859. The van der Waals surface area contributed by atoms with Crippen LogP contribution in [0.25, 0.3) is 0 Å². The Morgan fingerprint density at radius 2 is 2.10 bits per heavy atom. The average molecular weight is 292 g/mol. The van der Waals surface area contributed by atoms with Crippen LogP contribution in [0.3, 0.4) is 0 Å². The van der Waals surface area contributed by atoms with E-state index in [1.165, 1.54) is 12.8 Å². The summed E-state index contributed by atoms with van der Waals surface area (Å²) in [5.41, 5.74) is 0.929. The lowest BCUT2D eigenvalue weighted by Gasteiger charge is -2.13. The number of rotatable bonds is 3. The fourth-order valence-electron chi connectivity index (χ4n) is 2.90. The Hall–Kier alpha value is -1.42. The first-order valence-electron chi connectivity index (χ1n) is 7.06. The zero-order chi connectivity index (χ0) is 13.7. The van der Waals surface area contributed by atoms with Crippen LogP contribution in [0.2, 0.25) is 5.02 Å². The van der Waals surface area contributed by atoms with E-state index < -0.39 is 6.17 Å². The summed E-state index contributed by atoms with van der Waals surface area (Å²) in [4.78, 5) is 4.39. The van der Waals surface area contributed by atoms with Crippen LogP contribution in [0, 0.1) is 5.92 Å². The fourth-order valence-corrected chi connectivity index (χ4v) is 3.16. The molecule has 0 bridgehead atoms. The molecule has 1 fully saturated rings. The third-order valence-electron chi connectivity index (χ3n) is 4.14. The summed E-state index contributed by atoms with van der Waals surface area (Å²) < 4.78 is 15.9. The summed E-state index contributed by atoms with van der Waals surface area (Å²) in [5, 5.41) is 5.19. The van der Waals surface area contributed by atoms with Crippen LogP contribution in [-0.2, 0) is 6.42 Å². The predicted molar refractivity (Wildman–Crippen MR) is 74.5 cm³/mol. The summed E-state index contributed by atoms with van der Waals surface area (Å²) in [6, 6.07) is 7.46. The molecule has 0 spiro atoms. The van der Waals surface area contributed by atoms with E-state index in [0.29, 0.717) is 23.2 Å². The second-order valence-corrected chi connectivity index (χ2v) is 6.13. The van der Waals surface area contributed by atoms with Crippen molar-refractivity contribution in [2.45, 2.75) is 37.9 Å². The van der Waals surface area contributed by atoms with Gasteiger partial charge in [-0.2, -0.15) is 5.10 Å². The van der Waals surface area contributed by atoms with Crippen molar-refractivity contribution >= 4 is 11.6 Å². The lowest BCUT2D eigenvalue weighted by atomic mass is 10.0. The Kier molecular flexibility index (Phi) is 2.81. The highest BCUT2D eigenvalue weighted by atomic mass is 35.5. The molecule has 4 rings (SSSR count). The van der Waals surface area contributed by atoms with E-state index in [9.17, 15) is 4.39 Å². The number of benzene rings is 1. The number of nitrogens with zero attached hydrogens (tertiary/aromatic N) is 3.